The highest BCUT2D eigenvalue weighted by Gasteiger charge is 2.40. The predicted molar refractivity (Wildman–Crippen MR) is 253 cm³/mol. The van der Waals surface area contributed by atoms with Crippen LogP contribution in [0, 0.1) is 0 Å². The molecular weight excluding hydrogens is 793 g/mol. The van der Waals surface area contributed by atoms with Crippen molar-refractivity contribution in [3.05, 3.63) is 142 Å². The second-order valence-electron chi connectivity index (χ2n) is 18.2. The fourth-order valence-electron chi connectivity index (χ4n) is 11.2. The van der Waals surface area contributed by atoms with Gasteiger partial charge in [0.05, 0.1) is 23.5 Å². The molecule has 2 aliphatic heterocycles. The van der Waals surface area contributed by atoms with Crippen molar-refractivity contribution < 1.29 is 9.59 Å². The molecule has 330 valence electrons. The maximum absolute atomic E-state index is 14.5. The van der Waals surface area contributed by atoms with Gasteiger partial charge in [0.25, 0.3) is 0 Å². The number of fused-ring (bicyclic) bond motifs is 6. The zero-order valence-corrected chi connectivity index (χ0v) is 37.7. The largest absolute Gasteiger partial charge is 0.344 e. The number of carbonyl (C=O) groups is 2. The van der Waals surface area contributed by atoms with E-state index in [1.807, 2.05) is 53.4 Å². The number of likely N-dealkylation sites (N-methyl/N-ethyl adjacent to an activating group) is 2. The van der Waals surface area contributed by atoms with Gasteiger partial charge >= 0.3 is 0 Å². The van der Waals surface area contributed by atoms with E-state index in [2.05, 4.69) is 94.4 Å². The number of aromatic nitrogens is 4. The van der Waals surface area contributed by atoms with E-state index in [9.17, 15) is 9.59 Å². The van der Waals surface area contributed by atoms with Crippen molar-refractivity contribution in [3.63, 3.8) is 0 Å². The topological polar surface area (TPSA) is 113 Å². The Bertz CT molecular complexity index is 2610. The molecule has 10 heteroatoms. The van der Waals surface area contributed by atoms with Crippen LogP contribution in [0.2, 0.25) is 0 Å². The lowest BCUT2D eigenvalue weighted by Gasteiger charge is -2.34. The quantitative estimate of drug-likeness (QED) is 0.113. The lowest BCUT2D eigenvalue weighted by Crippen LogP contribution is -2.43. The Morgan fingerprint density at radius 1 is 0.641 bits per heavy atom. The number of hydrogen-bond donors (Lipinski definition) is 3. The van der Waals surface area contributed by atoms with Crippen LogP contribution in [-0.2, 0) is 35.3 Å². The van der Waals surface area contributed by atoms with Gasteiger partial charge in [-0.25, -0.2) is 9.97 Å². The van der Waals surface area contributed by atoms with E-state index in [4.69, 9.17) is 9.97 Å². The van der Waals surface area contributed by atoms with E-state index in [0.29, 0.717) is 6.54 Å². The Morgan fingerprint density at radius 3 is 1.64 bits per heavy atom. The number of amides is 2. The number of aromatic amines is 2. The fraction of sp³-hybridized carbons (Fsp3) is 0.407. The highest BCUT2D eigenvalue weighted by molar-refractivity contribution is 5.85. The third-order valence-corrected chi connectivity index (χ3v) is 14.4. The molecule has 10 nitrogen and oxygen atoms in total. The summed E-state index contributed by atoms with van der Waals surface area (Å²) in [6, 6.07) is 33.4. The van der Waals surface area contributed by atoms with Crippen LogP contribution in [0.15, 0.2) is 97.1 Å². The van der Waals surface area contributed by atoms with Crippen molar-refractivity contribution in [2.45, 2.75) is 109 Å². The summed E-state index contributed by atoms with van der Waals surface area (Å²) in [5.41, 5.74) is 14.0. The second-order valence-corrected chi connectivity index (χ2v) is 18.2. The lowest BCUT2D eigenvalue weighted by molar-refractivity contribution is -0.138. The van der Waals surface area contributed by atoms with Crippen molar-refractivity contribution in [2.75, 3.05) is 32.7 Å². The summed E-state index contributed by atoms with van der Waals surface area (Å²) in [4.78, 5) is 53.3. The maximum Gasteiger partial charge on any atom is 0.245 e. The Morgan fingerprint density at radius 2 is 1.14 bits per heavy atom. The number of nitrogens with one attached hydrogen (secondary N) is 3. The SMILES string of the molecule is CCN[C@@H](C(=O)N1CCC[C@H]1c1nc2c([nH]1)CCCc1cc(-c3ccc4c(c3)CCCc3[nH]c([C@@H]5CCCN5C(=O)[C@@H](c5ccccc5)N(CC)CC)nc3-4)ccc1-2)c1ccccc1. The van der Waals surface area contributed by atoms with Gasteiger partial charge in [0.15, 0.2) is 0 Å². The van der Waals surface area contributed by atoms with Crippen LogP contribution < -0.4 is 5.32 Å². The molecule has 4 atom stereocenters. The van der Waals surface area contributed by atoms with Gasteiger partial charge in [-0.15, -0.1) is 0 Å². The molecule has 4 aromatic carbocycles. The number of rotatable bonds is 12. The molecule has 0 spiro atoms. The van der Waals surface area contributed by atoms with Gasteiger partial charge in [-0.3, -0.25) is 14.5 Å². The molecule has 4 aliphatic rings. The number of imidazole rings is 2. The summed E-state index contributed by atoms with van der Waals surface area (Å²) in [6.45, 7) is 10.2. The van der Waals surface area contributed by atoms with Crippen molar-refractivity contribution in [1.82, 2.24) is 40.0 Å². The number of carbonyl (C=O) groups excluding carboxylic acids is 2. The van der Waals surface area contributed by atoms with Crippen molar-refractivity contribution in [1.29, 1.82) is 0 Å². The van der Waals surface area contributed by atoms with Crippen LogP contribution in [0.4, 0.5) is 0 Å². The number of likely N-dealkylation sites (tertiary alicyclic amines) is 2. The van der Waals surface area contributed by atoms with Gasteiger partial charge in [0.2, 0.25) is 11.8 Å². The highest BCUT2D eigenvalue weighted by Crippen LogP contribution is 2.42. The molecule has 2 aromatic heterocycles. The number of aryl methyl sites for hydroxylation is 4. The van der Waals surface area contributed by atoms with Crippen LogP contribution in [0.5, 0.6) is 0 Å². The molecule has 10 rings (SSSR count). The molecule has 6 aromatic rings. The molecule has 0 unspecified atom stereocenters. The summed E-state index contributed by atoms with van der Waals surface area (Å²) in [7, 11) is 0. The predicted octanol–water partition coefficient (Wildman–Crippen LogP) is 9.87. The first kappa shape index (κ1) is 42.1. The second kappa shape index (κ2) is 18.3. The Kier molecular flexibility index (Phi) is 12.1. The van der Waals surface area contributed by atoms with Crippen LogP contribution in [-0.4, -0.2) is 79.2 Å². The van der Waals surface area contributed by atoms with Gasteiger partial charge in [-0.1, -0.05) is 118 Å². The van der Waals surface area contributed by atoms with Gasteiger partial charge in [0, 0.05) is 35.6 Å². The molecule has 0 saturated carbocycles. The smallest absolute Gasteiger partial charge is 0.245 e. The van der Waals surface area contributed by atoms with Crippen LogP contribution >= 0.6 is 0 Å². The minimum Gasteiger partial charge on any atom is -0.344 e. The standard InChI is InChI=1S/C54H62N8O2/c1-4-55-47(35-17-9-7-10-18-35)53(63)61-31-15-25-45(61)51-56-43-23-13-21-39-33-37(27-29-41(39)48(43)58-51)38-28-30-42-40(34-38)22-14-24-44-49(42)59-52(57-44)46-26-16-32-62(46)54(64)50(60(5-2)6-3)36-19-11-8-12-20-36/h7-12,17-20,27-30,33-34,45-47,50,55H,4-6,13-16,21-26,31-32H2,1-3H3,(H,56,58)(H,57,59)/t45-,46-,47+,50+/m0/s1. The first-order valence-electron chi connectivity index (χ1n) is 24.1. The third kappa shape index (κ3) is 7.89. The molecule has 2 aliphatic carbocycles. The summed E-state index contributed by atoms with van der Waals surface area (Å²) in [5, 5.41) is 3.45. The van der Waals surface area contributed by atoms with Crippen LogP contribution in [0.25, 0.3) is 33.6 Å². The molecule has 64 heavy (non-hydrogen) atoms. The normalized spacial score (nSPS) is 19.1. The van der Waals surface area contributed by atoms with E-state index in [-0.39, 0.29) is 36.0 Å². The molecule has 4 heterocycles. The molecule has 2 fully saturated rings. The number of nitrogens with zero attached hydrogens (tertiary/aromatic N) is 5. The summed E-state index contributed by atoms with van der Waals surface area (Å²) in [5.74, 6) is 2.12. The summed E-state index contributed by atoms with van der Waals surface area (Å²) in [6.07, 6.45) is 9.67. The first-order valence-corrected chi connectivity index (χ1v) is 24.1. The summed E-state index contributed by atoms with van der Waals surface area (Å²) >= 11 is 0. The minimum absolute atomic E-state index is 0.0655. The lowest BCUT2D eigenvalue weighted by atomic mass is 9.93. The monoisotopic (exact) mass is 854 g/mol. The Labute approximate surface area is 377 Å². The molecule has 0 bridgehead atoms. The van der Waals surface area contributed by atoms with Gasteiger partial charge < -0.3 is 25.1 Å². The average Bonchev–Trinajstić information content (AvgIpc) is 4.15. The van der Waals surface area contributed by atoms with Gasteiger partial charge in [-0.05, 0) is 117 Å². The maximum atomic E-state index is 14.5. The van der Waals surface area contributed by atoms with Gasteiger partial charge in [0.1, 0.15) is 23.7 Å². The van der Waals surface area contributed by atoms with Crippen molar-refractivity contribution in [3.8, 4) is 33.6 Å². The minimum atomic E-state index is -0.373. The molecule has 2 amide bonds. The highest BCUT2D eigenvalue weighted by atomic mass is 16.2. The Hall–Kier alpha value is -5.84. The van der Waals surface area contributed by atoms with E-state index in [1.54, 1.807) is 0 Å². The first-order chi connectivity index (χ1) is 31.4. The van der Waals surface area contributed by atoms with Crippen LogP contribution in [0.1, 0.15) is 129 Å². The zero-order valence-electron chi connectivity index (χ0n) is 37.7. The Balaban J connectivity index is 0.896. The number of benzene rings is 4. The summed E-state index contributed by atoms with van der Waals surface area (Å²) < 4.78 is 0. The van der Waals surface area contributed by atoms with E-state index in [1.165, 1.54) is 44.8 Å². The number of hydrogen-bond acceptors (Lipinski definition) is 6. The van der Waals surface area contributed by atoms with E-state index >= 15 is 0 Å². The average molecular weight is 855 g/mol. The fourth-order valence-corrected chi connectivity index (χ4v) is 11.2. The van der Waals surface area contributed by atoms with Crippen molar-refractivity contribution >= 4 is 11.8 Å². The molecule has 2 saturated heterocycles. The van der Waals surface area contributed by atoms with E-state index in [0.717, 1.165) is 125 Å². The van der Waals surface area contributed by atoms with Crippen LogP contribution in [0.3, 0.4) is 0 Å². The molecular formula is C54H62N8O2. The molecule has 3 N–H and O–H groups in total. The molecule has 0 radical (unpaired) electrons. The number of H-pyrrole nitrogens is 2. The zero-order chi connectivity index (χ0) is 43.7. The van der Waals surface area contributed by atoms with E-state index < -0.39 is 0 Å². The third-order valence-electron chi connectivity index (χ3n) is 14.4. The van der Waals surface area contributed by atoms with Crippen molar-refractivity contribution in [2.24, 2.45) is 0 Å². The van der Waals surface area contributed by atoms with Gasteiger partial charge in [-0.2, -0.15) is 0 Å².